The Morgan fingerprint density at radius 2 is 2.25 bits per heavy atom. The molecule has 1 aliphatic rings. The van der Waals surface area contributed by atoms with Crippen molar-refractivity contribution in [3.63, 3.8) is 0 Å². The second-order valence-corrected chi connectivity index (χ2v) is 7.45. The van der Waals surface area contributed by atoms with Crippen LogP contribution in [0.2, 0.25) is 0 Å². The standard InChI is InChI=1S/C17H25N5O2/c1-17(2,3)14-8-16(24-20-14)19-15(23)11-22-7-5-6-13(22)12-9-18-21(4)10-12/h8-10,13H,5-7,11H2,1-4H3,(H,19,23)/t13-/m0/s1. The molecule has 1 atom stereocenters. The van der Waals surface area contributed by atoms with Gasteiger partial charge in [-0.2, -0.15) is 5.10 Å². The summed E-state index contributed by atoms with van der Waals surface area (Å²) in [6, 6.07) is 2.05. The number of hydrogen-bond donors (Lipinski definition) is 1. The van der Waals surface area contributed by atoms with Crippen LogP contribution < -0.4 is 5.32 Å². The summed E-state index contributed by atoms with van der Waals surface area (Å²) in [7, 11) is 1.91. The molecule has 3 heterocycles. The van der Waals surface area contributed by atoms with Gasteiger partial charge in [-0.25, -0.2) is 0 Å². The molecule has 0 bridgehead atoms. The molecule has 0 radical (unpaired) electrons. The molecule has 2 aromatic rings. The second kappa shape index (κ2) is 6.39. The van der Waals surface area contributed by atoms with Crippen LogP contribution in [0, 0.1) is 0 Å². The van der Waals surface area contributed by atoms with Gasteiger partial charge in [0.25, 0.3) is 0 Å². The maximum Gasteiger partial charge on any atom is 0.240 e. The van der Waals surface area contributed by atoms with Gasteiger partial charge in [0.15, 0.2) is 0 Å². The summed E-state index contributed by atoms with van der Waals surface area (Å²) in [6.45, 7) is 7.42. The van der Waals surface area contributed by atoms with Crippen LogP contribution in [0.15, 0.2) is 23.0 Å². The third-order valence-corrected chi connectivity index (χ3v) is 4.36. The third-order valence-electron chi connectivity index (χ3n) is 4.36. The smallest absolute Gasteiger partial charge is 0.240 e. The molecular formula is C17H25N5O2. The first kappa shape index (κ1) is 16.7. The predicted molar refractivity (Wildman–Crippen MR) is 90.6 cm³/mol. The molecule has 0 unspecified atom stereocenters. The van der Waals surface area contributed by atoms with E-state index in [4.69, 9.17) is 4.52 Å². The zero-order valence-electron chi connectivity index (χ0n) is 14.7. The van der Waals surface area contributed by atoms with Gasteiger partial charge in [0.1, 0.15) is 0 Å². The summed E-state index contributed by atoms with van der Waals surface area (Å²) in [5.74, 6) is 0.324. The molecule has 1 fully saturated rings. The number of aryl methyl sites for hydroxylation is 1. The van der Waals surface area contributed by atoms with E-state index in [1.165, 1.54) is 0 Å². The van der Waals surface area contributed by atoms with Crippen molar-refractivity contribution in [3.05, 3.63) is 29.7 Å². The van der Waals surface area contributed by atoms with Gasteiger partial charge in [0.05, 0.1) is 18.4 Å². The fourth-order valence-corrected chi connectivity index (χ4v) is 3.05. The minimum atomic E-state index is -0.104. The van der Waals surface area contributed by atoms with Gasteiger partial charge < -0.3 is 4.52 Å². The van der Waals surface area contributed by atoms with E-state index in [0.717, 1.165) is 30.6 Å². The Labute approximate surface area is 142 Å². The number of anilines is 1. The Kier molecular flexibility index (Phi) is 4.45. The van der Waals surface area contributed by atoms with Gasteiger partial charge in [-0.3, -0.25) is 19.7 Å². The molecular weight excluding hydrogens is 306 g/mol. The van der Waals surface area contributed by atoms with Crippen LogP contribution in [-0.2, 0) is 17.3 Å². The molecule has 7 nitrogen and oxygen atoms in total. The molecule has 0 saturated carbocycles. The monoisotopic (exact) mass is 331 g/mol. The largest absolute Gasteiger partial charge is 0.338 e. The van der Waals surface area contributed by atoms with E-state index in [1.807, 2.05) is 19.4 Å². The normalized spacial score (nSPS) is 18.9. The number of likely N-dealkylation sites (tertiary alicyclic amines) is 1. The molecule has 1 aliphatic heterocycles. The summed E-state index contributed by atoms with van der Waals surface area (Å²) < 4.78 is 7.03. The minimum absolute atomic E-state index is 0.0811. The van der Waals surface area contributed by atoms with Crippen LogP contribution in [0.5, 0.6) is 0 Å². The highest BCUT2D eigenvalue weighted by Gasteiger charge is 2.29. The minimum Gasteiger partial charge on any atom is -0.338 e. The molecule has 0 spiro atoms. The maximum absolute atomic E-state index is 12.3. The number of amides is 1. The van der Waals surface area contributed by atoms with Crippen molar-refractivity contribution in [2.75, 3.05) is 18.4 Å². The van der Waals surface area contributed by atoms with Crippen molar-refractivity contribution in [2.45, 2.75) is 45.1 Å². The van der Waals surface area contributed by atoms with E-state index in [-0.39, 0.29) is 17.4 Å². The zero-order chi connectivity index (χ0) is 17.3. The first-order chi connectivity index (χ1) is 11.3. The van der Waals surface area contributed by atoms with Gasteiger partial charge in [0, 0.05) is 36.3 Å². The molecule has 0 aliphatic carbocycles. The van der Waals surface area contributed by atoms with Gasteiger partial charge in [-0.15, -0.1) is 0 Å². The number of nitrogens with one attached hydrogen (secondary N) is 1. The summed E-state index contributed by atoms with van der Waals surface area (Å²) in [5.41, 5.74) is 1.89. The summed E-state index contributed by atoms with van der Waals surface area (Å²) in [6.07, 6.45) is 6.04. The fraction of sp³-hybridized carbons (Fsp3) is 0.588. The van der Waals surface area contributed by atoms with E-state index in [9.17, 15) is 4.79 Å². The molecule has 7 heteroatoms. The van der Waals surface area contributed by atoms with E-state index < -0.39 is 0 Å². The second-order valence-electron chi connectivity index (χ2n) is 7.45. The van der Waals surface area contributed by atoms with Gasteiger partial charge in [0.2, 0.25) is 11.8 Å². The van der Waals surface area contributed by atoms with E-state index in [1.54, 1.807) is 10.7 Å². The highest BCUT2D eigenvalue weighted by atomic mass is 16.5. The van der Waals surface area contributed by atoms with Crippen LogP contribution in [0.3, 0.4) is 0 Å². The van der Waals surface area contributed by atoms with Crippen molar-refractivity contribution in [2.24, 2.45) is 7.05 Å². The topological polar surface area (TPSA) is 76.2 Å². The fourth-order valence-electron chi connectivity index (χ4n) is 3.05. The highest BCUT2D eigenvalue weighted by molar-refractivity contribution is 5.91. The Hall–Kier alpha value is -2.15. The number of carbonyl (C=O) groups is 1. The first-order valence-corrected chi connectivity index (χ1v) is 8.32. The Bertz CT molecular complexity index is 713. The van der Waals surface area contributed by atoms with Crippen molar-refractivity contribution >= 4 is 11.8 Å². The lowest BCUT2D eigenvalue weighted by Crippen LogP contribution is -2.32. The molecule has 1 N–H and O–H groups in total. The third kappa shape index (κ3) is 3.67. The molecule has 0 aromatic carbocycles. The zero-order valence-corrected chi connectivity index (χ0v) is 14.7. The van der Waals surface area contributed by atoms with Crippen molar-refractivity contribution in [1.29, 1.82) is 0 Å². The lowest BCUT2D eigenvalue weighted by Gasteiger charge is -2.22. The molecule has 130 valence electrons. The average molecular weight is 331 g/mol. The Balaban J connectivity index is 1.61. The van der Waals surface area contributed by atoms with Crippen LogP contribution in [0.25, 0.3) is 0 Å². The van der Waals surface area contributed by atoms with E-state index >= 15 is 0 Å². The maximum atomic E-state index is 12.3. The van der Waals surface area contributed by atoms with Gasteiger partial charge in [-0.1, -0.05) is 25.9 Å². The number of nitrogens with zero attached hydrogens (tertiary/aromatic N) is 4. The summed E-state index contributed by atoms with van der Waals surface area (Å²) in [4.78, 5) is 14.5. The Morgan fingerprint density at radius 1 is 1.46 bits per heavy atom. The van der Waals surface area contributed by atoms with Crippen molar-refractivity contribution in [3.8, 4) is 0 Å². The van der Waals surface area contributed by atoms with Crippen LogP contribution in [0.4, 0.5) is 5.88 Å². The van der Waals surface area contributed by atoms with Gasteiger partial charge in [-0.05, 0) is 19.4 Å². The van der Waals surface area contributed by atoms with Gasteiger partial charge >= 0.3 is 0 Å². The summed E-state index contributed by atoms with van der Waals surface area (Å²) >= 11 is 0. The van der Waals surface area contributed by atoms with E-state index in [2.05, 4.69) is 41.2 Å². The number of rotatable bonds is 4. The van der Waals surface area contributed by atoms with Crippen molar-refractivity contribution in [1.82, 2.24) is 19.8 Å². The van der Waals surface area contributed by atoms with E-state index in [0.29, 0.717) is 12.4 Å². The SMILES string of the molecule is Cn1cc([C@@H]2CCCN2CC(=O)Nc2cc(C(C)(C)C)no2)cn1. The molecule has 1 saturated heterocycles. The number of aromatic nitrogens is 3. The first-order valence-electron chi connectivity index (χ1n) is 8.32. The van der Waals surface area contributed by atoms with Crippen LogP contribution >= 0.6 is 0 Å². The highest BCUT2D eigenvalue weighted by Crippen LogP contribution is 2.31. The Morgan fingerprint density at radius 3 is 2.88 bits per heavy atom. The van der Waals surface area contributed by atoms with Crippen LogP contribution in [-0.4, -0.2) is 38.8 Å². The lowest BCUT2D eigenvalue weighted by atomic mass is 9.92. The molecule has 1 amide bonds. The molecule has 2 aromatic heterocycles. The van der Waals surface area contributed by atoms with Crippen LogP contribution in [0.1, 0.15) is 50.9 Å². The molecule has 3 rings (SSSR count). The average Bonchev–Trinajstić information content (AvgIpc) is 3.18. The number of hydrogen-bond acceptors (Lipinski definition) is 5. The predicted octanol–water partition coefficient (Wildman–Crippen LogP) is 2.48. The summed E-state index contributed by atoms with van der Waals surface area (Å²) in [5, 5.41) is 11.1. The molecule has 24 heavy (non-hydrogen) atoms. The quantitative estimate of drug-likeness (QED) is 0.931. The number of carbonyl (C=O) groups excluding carboxylic acids is 1. The van der Waals surface area contributed by atoms with Crippen molar-refractivity contribution < 1.29 is 9.32 Å². The lowest BCUT2D eigenvalue weighted by molar-refractivity contribution is -0.117.